The third kappa shape index (κ3) is 2.56. The fourth-order valence-electron chi connectivity index (χ4n) is 3.97. The predicted octanol–water partition coefficient (Wildman–Crippen LogP) is 4.21. The number of hydrogen-bond acceptors (Lipinski definition) is 3. The number of rotatable bonds is 3. The third-order valence-corrected chi connectivity index (χ3v) is 5.25. The number of fused-ring (bicyclic) bond motifs is 1. The fourth-order valence-corrected chi connectivity index (χ4v) is 3.97. The molecule has 0 bridgehead atoms. The second-order valence-electron chi connectivity index (χ2n) is 6.64. The quantitative estimate of drug-likeness (QED) is 0.786. The molecule has 3 aromatic rings. The van der Waals surface area contributed by atoms with Crippen molar-refractivity contribution in [3.63, 3.8) is 0 Å². The van der Waals surface area contributed by atoms with E-state index < -0.39 is 0 Å². The van der Waals surface area contributed by atoms with E-state index in [2.05, 4.69) is 53.0 Å². The van der Waals surface area contributed by atoms with Gasteiger partial charge in [0.25, 0.3) is 0 Å². The number of aromatic nitrogens is 3. The first kappa shape index (κ1) is 15.2. The predicted molar refractivity (Wildman–Crippen MR) is 98.6 cm³/mol. The van der Waals surface area contributed by atoms with Gasteiger partial charge in [0, 0.05) is 42.5 Å². The number of imidazole rings is 1. The Kier molecular flexibility index (Phi) is 3.97. The van der Waals surface area contributed by atoms with Crippen molar-refractivity contribution >= 4 is 16.6 Å². The van der Waals surface area contributed by atoms with E-state index in [9.17, 15) is 0 Å². The number of piperidine rings is 1. The normalized spacial score (nSPS) is 16.0. The zero-order valence-corrected chi connectivity index (χ0v) is 14.4. The van der Waals surface area contributed by atoms with E-state index in [0.29, 0.717) is 5.92 Å². The van der Waals surface area contributed by atoms with Gasteiger partial charge in [0.15, 0.2) is 0 Å². The van der Waals surface area contributed by atoms with Gasteiger partial charge >= 0.3 is 0 Å². The minimum Gasteiger partial charge on any atom is -0.371 e. The second kappa shape index (κ2) is 6.27. The smallest absolute Gasteiger partial charge is 0.109 e. The first-order valence-electron chi connectivity index (χ1n) is 8.90. The molecule has 1 aromatic carbocycles. The number of aryl methyl sites for hydroxylation is 1. The van der Waals surface area contributed by atoms with Crippen LogP contribution < -0.4 is 4.90 Å². The molecule has 0 atom stereocenters. The molecule has 4 nitrogen and oxygen atoms in total. The molecule has 1 saturated heterocycles. The first-order chi connectivity index (χ1) is 11.8. The van der Waals surface area contributed by atoms with Crippen molar-refractivity contribution in [3.05, 3.63) is 53.7 Å². The second-order valence-corrected chi connectivity index (χ2v) is 6.64. The molecule has 0 unspecified atom stereocenters. The largest absolute Gasteiger partial charge is 0.371 e. The topological polar surface area (TPSA) is 44.8 Å². The van der Waals surface area contributed by atoms with Crippen molar-refractivity contribution in [2.75, 3.05) is 18.0 Å². The standard InChI is InChI=1S/C20H24N4/c1-3-17-14(2)19(16-6-4-5-7-18(16)23-17)24-12-8-15(9-13-24)20-21-10-11-22-20/h4-7,10-11,15H,3,8-9,12-13H2,1-2H3,(H,21,22). The first-order valence-corrected chi connectivity index (χ1v) is 8.90. The van der Waals surface area contributed by atoms with Crippen LogP contribution >= 0.6 is 0 Å². The summed E-state index contributed by atoms with van der Waals surface area (Å²) in [7, 11) is 0. The highest BCUT2D eigenvalue weighted by molar-refractivity contribution is 5.94. The Hall–Kier alpha value is -2.36. The zero-order valence-electron chi connectivity index (χ0n) is 14.4. The highest BCUT2D eigenvalue weighted by Gasteiger charge is 2.25. The van der Waals surface area contributed by atoms with Crippen LogP contribution in [0.25, 0.3) is 10.9 Å². The molecule has 0 amide bonds. The summed E-state index contributed by atoms with van der Waals surface area (Å²) in [6.45, 7) is 6.57. The molecule has 2 aromatic heterocycles. The van der Waals surface area contributed by atoms with E-state index >= 15 is 0 Å². The van der Waals surface area contributed by atoms with E-state index in [1.807, 2.05) is 12.4 Å². The van der Waals surface area contributed by atoms with Gasteiger partial charge in [-0.05, 0) is 37.8 Å². The number of anilines is 1. The SMILES string of the molecule is CCc1nc2ccccc2c(N2CCC(c3ncc[nH]3)CC2)c1C. The number of pyridine rings is 1. The van der Waals surface area contributed by atoms with Gasteiger partial charge in [-0.25, -0.2) is 4.98 Å². The maximum atomic E-state index is 4.86. The molecule has 1 aliphatic rings. The summed E-state index contributed by atoms with van der Waals surface area (Å²) >= 11 is 0. The molecule has 1 N–H and O–H groups in total. The number of aromatic amines is 1. The Bertz CT molecular complexity index is 830. The van der Waals surface area contributed by atoms with Crippen molar-refractivity contribution in [3.8, 4) is 0 Å². The summed E-state index contributed by atoms with van der Waals surface area (Å²) in [5, 5.41) is 1.28. The van der Waals surface area contributed by atoms with Crippen LogP contribution in [0.2, 0.25) is 0 Å². The zero-order chi connectivity index (χ0) is 16.5. The van der Waals surface area contributed by atoms with E-state index in [1.165, 1.54) is 22.3 Å². The van der Waals surface area contributed by atoms with Crippen LogP contribution in [-0.4, -0.2) is 28.0 Å². The summed E-state index contributed by atoms with van der Waals surface area (Å²) in [5.41, 5.74) is 5.06. The van der Waals surface area contributed by atoms with Gasteiger partial charge in [-0.1, -0.05) is 25.1 Å². The Morgan fingerprint density at radius 3 is 2.71 bits per heavy atom. The lowest BCUT2D eigenvalue weighted by atomic mass is 9.94. The number of nitrogens with zero attached hydrogens (tertiary/aromatic N) is 3. The van der Waals surface area contributed by atoms with Gasteiger partial charge in [0.1, 0.15) is 5.82 Å². The minimum atomic E-state index is 0.551. The molecular weight excluding hydrogens is 296 g/mol. The number of para-hydroxylation sites is 1. The average Bonchev–Trinajstić information content (AvgIpc) is 3.16. The minimum absolute atomic E-state index is 0.551. The maximum absolute atomic E-state index is 4.86. The van der Waals surface area contributed by atoms with Gasteiger partial charge in [-0.3, -0.25) is 4.98 Å². The van der Waals surface area contributed by atoms with Crippen molar-refractivity contribution < 1.29 is 0 Å². The molecule has 24 heavy (non-hydrogen) atoms. The molecule has 4 rings (SSSR count). The summed E-state index contributed by atoms with van der Waals surface area (Å²) in [6.07, 6.45) is 7.05. The van der Waals surface area contributed by atoms with Crippen LogP contribution in [0.1, 0.15) is 42.8 Å². The van der Waals surface area contributed by atoms with Crippen LogP contribution in [0, 0.1) is 6.92 Å². The summed E-state index contributed by atoms with van der Waals surface area (Å²) < 4.78 is 0. The van der Waals surface area contributed by atoms with Crippen LogP contribution in [0.3, 0.4) is 0 Å². The van der Waals surface area contributed by atoms with Crippen LogP contribution in [0.15, 0.2) is 36.7 Å². The van der Waals surface area contributed by atoms with Crippen LogP contribution in [-0.2, 0) is 6.42 Å². The molecule has 1 aliphatic heterocycles. The molecular formula is C20H24N4. The average molecular weight is 320 g/mol. The van der Waals surface area contributed by atoms with E-state index in [1.54, 1.807) is 0 Å². The number of hydrogen-bond donors (Lipinski definition) is 1. The van der Waals surface area contributed by atoms with Crippen molar-refractivity contribution in [2.24, 2.45) is 0 Å². The monoisotopic (exact) mass is 320 g/mol. The molecule has 3 heterocycles. The Morgan fingerprint density at radius 1 is 1.21 bits per heavy atom. The third-order valence-electron chi connectivity index (χ3n) is 5.25. The lowest BCUT2D eigenvalue weighted by Gasteiger charge is -2.35. The summed E-state index contributed by atoms with van der Waals surface area (Å²) in [4.78, 5) is 15.1. The molecule has 0 radical (unpaired) electrons. The van der Waals surface area contributed by atoms with Gasteiger partial charge in [0.2, 0.25) is 0 Å². The molecule has 4 heteroatoms. The fraction of sp³-hybridized carbons (Fsp3) is 0.400. The molecule has 0 saturated carbocycles. The highest BCUT2D eigenvalue weighted by atomic mass is 15.1. The lowest BCUT2D eigenvalue weighted by molar-refractivity contribution is 0.489. The van der Waals surface area contributed by atoms with Crippen molar-refractivity contribution in [1.82, 2.24) is 15.0 Å². The van der Waals surface area contributed by atoms with Gasteiger partial charge in [-0.2, -0.15) is 0 Å². The summed E-state index contributed by atoms with van der Waals surface area (Å²) in [6, 6.07) is 8.54. The van der Waals surface area contributed by atoms with Gasteiger partial charge in [-0.15, -0.1) is 0 Å². The van der Waals surface area contributed by atoms with Gasteiger partial charge in [0.05, 0.1) is 11.2 Å². The van der Waals surface area contributed by atoms with Crippen LogP contribution in [0.4, 0.5) is 5.69 Å². The molecule has 0 aliphatic carbocycles. The Labute approximate surface area is 142 Å². The highest BCUT2D eigenvalue weighted by Crippen LogP contribution is 2.35. The number of benzene rings is 1. The Morgan fingerprint density at radius 2 is 2.00 bits per heavy atom. The molecule has 124 valence electrons. The van der Waals surface area contributed by atoms with Gasteiger partial charge < -0.3 is 9.88 Å². The van der Waals surface area contributed by atoms with E-state index in [4.69, 9.17) is 4.98 Å². The van der Waals surface area contributed by atoms with E-state index in [-0.39, 0.29) is 0 Å². The van der Waals surface area contributed by atoms with Crippen molar-refractivity contribution in [1.29, 1.82) is 0 Å². The molecule has 0 spiro atoms. The summed E-state index contributed by atoms with van der Waals surface area (Å²) in [5.74, 6) is 1.69. The number of nitrogens with one attached hydrogen (secondary N) is 1. The van der Waals surface area contributed by atoms with Crippen molar-refractivity contribution in [2.45, 2.75) is 39.0 Å². The molecule has 1 fully saturated rings. The van der Waals surface area contributed by atoms with E-state index in [0.717, 1.165) is 43.7 Å². The maximum Gasteiger partial charge on any atom is 0.109 e. The Balaban J connectivity index is 1.68. The number of H-pyrrole nitrogens is 1. The van der Waals surface area contributed by atoms with Crippen LogP contribution in [0.5, 0.6) is 0 Å². The lowest BCUT2D eigenvalue weighted by Crippen LogP contribution is -2.34.